The first-order valence-corrected chi connectivity index (χ1v) is 7.68. The highest BCUT2D eigenvalue weighted by atomic mass is 16.5. The largest absolute Gasteiger partial charge is 0.496 e. The zero-order valence-electron chi connectivity index (χ0n) is 13.5. The van der Waals surface area contributed by atoms with Crippen molar-refractivity contribution in [1.29, 1.82) is 0 Å². The van der Waals surface area contributed by atoms with E-state index in [4.69, 9.17) is 15.2 Å². The highest BCUT2D eigenvalue weighted by Gasteiger charge is 2.29. The summed E-state index contributed by atoms with van der Waals surface area (Å²) in [6.07, 6.45) is 2.11. The van der Waals surface area contributed by atoms with Crippen molar-refractivity contribution in [2.75, 3.05) is 13.7 Å². The molecule has 1 aromatic heterocycles. The van der Waals surface area contributed by atoms with Gasteiger partial charge in [-0.15, -0.1) is 0 Å². The Kier molecular flexibility index (Phi) is 4.24. The summed E-state index contributed by atoms with van der Waals surface area (Å²) in [6, 6.07) is 5.08. The standard InChI is InChI=1S/C17H19N3O4/c1-9-5-15(21)20-13(9)8-24-17-11-7-14(23-2)12(16(18)22)6-10(11)3-4-19-17/h3-4,6-7,9,13H,5,8H2,1-2H3,(H2,18,22)(H,20,21). The van der Waals surface area contributed by atoms with E-state index >= 15 is 0 Å². The van der Waals surface area contributed by atoms with Crippen LogP contribution in [0.3, 0.4) is 0 Å². The highest BCUT2D eigenvalue weighted by Crippen LogP contribution is 2.31. The van der Waals surface area contributed by atoms with Crippen LogP contribution in [0.5, 0.6) is 11.6 Å². The third kappa shape index (κ3) is 2.97. The summed E-state index contributed by atoms with van der Waals surface area (Å²) < 4.78 is 11.1. The van der Waals surface area contributed by atoms with Gasteiger partial charge in [0, 0.05) is 18.0 Å². The number of methoxy groups -OCH3 is 1. The Bertz CT molecular complexity index is 806. The molecule has 7 heteroatoms. The van der Waals surface area contributed by atoms with Crippen molar-refractivity contribution in [1.82, 2.24) is 10.3 Å². The zero-order valence-corrected chi connectivity index (χ0v) is 13.5. The summed E-state index contributed by atoms with van der Waals surface area (Å²) in [6.45, 7) is 2.34. The summed E-state index contributed by atoms with van der Waals surface area (Å²) in [4.78, 5) is 27.2. The second-order valence-electron chi connectivity index (χ2n) is 5.92. The van der Waals surface area contributed by atoms with Gasteiger partial charge in [-0.05, 0) is 29.5 Å². The third-order valence-corrected chi connectivity index (χ3v) is 4.25. The Morgan fingerprint density at radius 2 is 2.25 bits per heavy atom. The van der Waals surface area contributed by atoms with Gasteiger partial charge in [-0.25, -0.2) is 4.98 Å². The number of amides is 2. The van der Waals surface area contributed by atoms with Crippen LogP contribution in [-0.4, -0.2) is 36.6 Å². The van der Waals surface area contributed by atoms with Crippen molar-refractivity contribution < 1.29 is 19.1 Å². The number of benzene rings is 1. The van der Waals surface area contributed by atoms with Gasteiger partial charge < -0.3 is 20.5 Å². The van der Waals surface area contributed by atoms with E-state index in [1.54, 1.807) is 24.4 Å². The maximum atomic E-state index is 11.5. The van der Waals surface area contributed by atoms with Crippen molar-refractivity contribution in [3.05, 3.63) is 30.0 Å². The number of nitrogens with zero attached hydrogens (tertiary/aromatic N) is 1. The molecule has 1 aliphatic heterocycles. The van der Waals surface area contributed by atoms with Crippen LogP contribution < -0.4 is 20.5 Å². The van der Waals surface area contributed by atoms with E-state index in [0.717, 1.165) is 10.8 Å². The molecule has 7 nitrogen and oxygen atoms in total. The molecule has 3 N–H and O–H groups in total. The van der Waals surface area contributed by atoms with Gasteiger partial charge in [0.05, 0.1) is 18.7 Å². The second-order valence-corrected chi connectivity index (χ2v) is 5.92. The summed E-state index contributed by atoms with van der Waals surface area (Å²) in [7, 11) is 1.47. The number of hydrogen-bond acceptors (Lipinski definition) is 5. The third-order valence-electron chi connectivity index (χ3n) is 4.25. The smallest absolute Gasteiger partial charge is 0.252 e. The van der Waals surface area contributed by atoms with Crippen LogP contribution in [-0.2, 0) is 4.79 Å². The average molecular weight is 329 g/mol. The van der Waals surface area contributed by atoms with E-state index in [2.05, 4.69) is 10.3 Å². The second kappa shape index (κ2) is 6.35. The minimum atomic E-state index is -0.560. The Morgan fingerprint density at radius 1 is 1.46 bits per heavy atom. The summed E-state index contributed by atoms with van der Waals surface area (Å²) >= 11 is 0. The van der Waals surface area contributed by atoms with Crippen LogP contribution >= 0.6 is 0 Å². The molecule has 126 valence electrons. The molecule has 2 aromatic rings. The first kappa shape index (κ1) is 16.0. The molecule has 2 heterocycles. The molecule has 2 amide bonds. The average Bonchev–Trinajstić information content (AvgIpc) is 2.88. The lowest BCUT2D eigenvalue weighted by atomic mass is 10.0. The van der Waals surface area contributed by atoms with Gasteiger partial charge in [0.2, 0.25) is 11.8 Å². The lowest BCUT2D eigenvalue weighted by Crippen LogP contribution is -2.34. The molecule has 3 rings (SSSR count). The lowest BCUT2D eigenvalue weighted by Gasteiger charge is -2.17. The van der Waals surface area contributed by atoms with Crippen molar-refractivity contribution >= 4 is 22.6 Å². The van der Waals surface area contributed by atoms with Crippen molar-refractivity contribution in [3.63, 3.8) is 0 Å². The minimum Gasteiger partial charge on any atom is -0.496 e. The summed E-state index contributed by atoms with van der Waals surface area (Å²) in [5.41, 5.74) is 5.69. The van der Waals surface area contributed by atoms with Gasteiger partial charge in [0.15, 0.2) is 0 Å². The minimum absolute atomic E-state index is 0.0368. The topological polar surface area (TPSA) is 104 Å². The Labute approximate surface area is 139 Å². The number of fused-ring (bicyclic) bond motifs is 1. The Hall–Kier alpha value is -2.83. The van der Waals surface area contributed by atoms with Crippen molar-refractivity contribution in [2.24, 2.45) is 11.7 Å². The molecular weight excluding hydrogens is 310 g/mol. The van der Waals surface area contributed by atoms with Gasteiger partial charge in [-0.2, -0.15) is 0 Å². The van der Waals surface area contributed by atoms with Gasteiger partial charge in [0.25, 0.3) is 5.91 Å². The number of nitrogens with two attached hydrogens (primary N) is 1. The number of aromatic nitrogens is 1. The van der Waals surface area contributed by atoms with E-state index in [1.165, 1.54) is 7.11 Å². The van der Waals surface area contributed by atoms with Gasteiger partial charge in [0.1, 0.15) is 12.4 Å². The first-order chi connectivity index (χ1) is 11.5. The quantitative estimate of drug-likeness (QED) is 0.859. The SMILES string of the molecule is COc1cc2c(OCC3NC(=O)CC3C)nccc2cc1C(N)=O. The highest BCUT2D eigenvalue weighted by molar-refractivity contribution is 6.01. The monoisotopic (exact) mass is 329 g/mol. The maximum Gasteiger partial charge on any atom is 0.252 e. The normalized spacial score (nSPS) is 20.0. The zero-order chi connectivity index (χ0) is 17.3. The van der Waals surface area contributed by atoms with Crippen LogP contribution in [0, 0.1) is 5.92 Å². The number of carbonyl (C=O) groups is 2. The van der Waals surface area contributed by atoms with E-state index in [-0.39, 0.29) is 17.9 Å². The fraction of sp³-hybridized carbons (Fsp3) is 0.353. The first-order valence-electron chi connectivity index (χ1n) is 7.68. The van der Waals surface area contributed by atoms with Crippen LogP contribution in [0.15, 0.2) is 24.4 Å². The van der Waals surface area contributed by atoms with Gasteiger partial charge in [-0.1, -0.05) is 6.92 Å². The molecule has 2 unspecified atom stereocenters. The van der Waals surface area contributed by atoms with Crippen molar-refractivity contribution in [3.8, 4) is 11.6 Å². The van der Waals surface area contributed by atoms with E-state index < -0.39 is 5.91 Å². The van der Waals surface area contributed by atoms with Crippen LogP contribution in [0.25, 0.3) is 10.8 Å². The molecule has 0 bridgehead atoms. The summed E-state index contributed by atoms with van der Waals surface area (Å²) in [5.74, 6) is 0.485. The van der Waals surface area contributed by atoms with Crippen LogP contribution in [0.2, 0.25) is 0 Å². The Morgan fingerprint density at radius 3 is 2.88 bits per heavy atom. The fourth-order valence-corrected chi connectivity index (χ4v) is 2.87. The maximum absolute atomic E-state index is 11.5. The lowest BCUT2D eigenvalue weighted by molar-refractivity contribution is -0.119. The van der Waals surface area contributed by atoms with Crippen molar-refractivity contribution in [2.45, 2.75) is 19.4 Å². The molecule has 1 aromatic carbocycles. The number of ether oxygens (including phenoxy) is 2. The van der Waals surface area contributed by atoms with Gasteiger partial charge in [-0.3, -0.25) is 9.59 Å². The van der Waals surface area contributed by atoms with Crippen LogP contribution in [0.4, 0.5) is 0 Å². The van der Waals surface area contributed by atoms with E-state index in [0.29, 0.717) is 30.2 Å². The van der Waals surface area contributed by atoms with Gasteiger partial charge >= 0.3 is 0 Å². The van der Waals surface area contributed by atoms with E-state index in [1.807, 2.05) is 6.92 Å². The molecule has 0 aliphatic carbocycles. The fourth-order valence-electron chi connectivity index (χ4n) is 2.87. The summed E-state index contributed by atoms with van der Waals surface area (Å²) in [5, 5.41) is 4.39. The molecule has 1 fully saturated rings. The molecule has 0 radical (unpaired) electrons. The molecule has 1 aliphatic rings. The predicted octanol–water partition coefficient (Wildman–Crippen LogP) is 1.25. The number of hydrogen-bond donors (Lipinski definition) is 2. The molecule has 0 saturated carbocycles. The number of primary amides is 1. The molecule has 0 spiro atoms. The predicted molar refractivity (Wildman–Crippen MR) is 88.0 cm³/mol. The Balaban J connectivity index is 1.91. The molecule has 1 saturated heterocycles. The molecule has 24 heavy (non-hydrogen) atoms. The number of rotatable bonds is 5. The number of nitrogens with one attached hydrogen (secondary N) is 1. The van der Waals surface area contributed by atoms with Crippen LogP contribution in [0.1, 0.15) is 23.7 Å². The number of carbonyl (C=O) groups excluding carboxylic acids is 2. The van der Waals surface area contributed by atoms with E-state index in [9.17, 15) is 9.59 Å². The molecule has 2 atom stereocenters. The number of pyridine rings is 1. The molecular formula is C17H19N3O4.